The molecule has 1 aliphatic rings. The van der Waals surface area contributed by atoms with Crippen molar-refractivity contribution in [2.75, 3.05) is 44.1 Å². The molecule has 0 radical (unpaired) electrons. The van der Waals surface area contributed by atoms with E-state index in [1.165, 1.54) is 17.0 Å². The number of ether oxygens (including phenoxy) is 1. The van der Waals surface area contributed by atoms with Gasteiger partial charge in [0, 0.05) is 13.0 Å². The van der Waals surface area contributed by atoms with Crippen molar-refractivity contribution < 1.29 is 22.8 Å². The number of nitrogens with one attached hydrogen (secondary N) is 3. The van der Waals surface area contributed by atoms with Gasteiger partial charge in [-0.2, -0.15) is 0 Å². The Morgan fingerprint density at radius 1 is 1.00 bits per heavy atom. The number of amides is 1. The minimum absolute atomic E-state index is 0.152. The molecule has 28 heavy (non-hydrogen) atoms. The Hall–Kier alpha value is -2.42. The number of hydrogen-bond acceptors (Lipinski definition) is 4. The van der Waals surface area contributed by atoms with Crippen molar-refractivity contribution in [2.24, 2.45) is 0 Å². The summed E-state index contributed by atoms with van der Waals surface area (Å²) >= 11 is 0. The maximum atomic E-state index is 12.6. The summed E-state index contributed by atoms with van der Waals surface area (Å²) in [6.45, 7) is 5.10. The summed E-state index contributed by atoms with van der Waals surface area (Å²) in [5.41, 5.74) is 0.573. The SMILES string of the molecule is O=C(NCCC[NH+]1CCOCC1)c1ccccc1NS(=O)(=O)c1ccccc1. The average molecular weight is 405 g/mol. The number of quaternary nitrogens is 1. The predicted molar refractivity (Wildman–Crippen MR) is 107 cm³/mol. The van der Waals surface area contributed by atoms with E-state index in [1.54, 1.807) is 42.5 Å². The Morgan fingerprint density at radius 2 is 1.68 bits per heavy atom. The third kappa shape index (κ3) is 5.54. The molecule has 0 bridgehead atoms. The lowest BCUT2D eigenvalue weighted by Gasteiger charge is -2.23. The molecular weight excluding hydrogens is 378 g/mol. The number of sulfonamides is 1. The van der Waals surface area contributed by atoms with Crippen LogP contribution in [0.2, 0.25) is 0 Å². The minimum atomic E-state index is -3.75. The summed E-state index contributed by atoms with van der Waals surface area (Å²) in [6, 6.07) is 14.7. The molecule has 2 aromatic rings. The van der Waals surface area contributed by atoms with Gasteiger partial charge in [-0.25, -0.2) is 8.42 Å². The maximum Gasteiger partial charge on any atom is 0.261 e. The van der Waals surface area contributed by atoms with Gasteiger partial charge in [0.05, 0.1) is 35.9 Å². The largest absolute Gasteiger partial charge is 0.370 e. The molecule has 3 rings (SSSR count). The average Bonchev–Trinajstić information content (AvgIpc) is 2.72. The normalized spacial score (nSPS) is 15.1. The Balaban J connectivity index is 1.59. The van der Waals surface area contributed by atoms with E-state index in [1.807, 2.05) is 0 Å². The van der Waals surface area contributed by atoms with Gasteiger partial charge < -0.3 is 15.0 Å². The summed E-state index contributed by atoms with van der Waals surface area (Å²) in [7, 11) is -3.75. The van der Waals surface area contributed by atoms with Gasteiger partial charge in [0.2, 0.25) is 0 Å². The molecular formula is C20H26N3O4S+. The van der Waals surface area contributed by atoms with Crippen LogP contribution in [0.1, 0.15) is 16.8 Å². The van der Waals surface area contributed by atoms with E-state index in [2.05, 4.69) is 10.0 Å². The van der Waals surface area contributed by atoms with Gasteiger partial charge >= 0.3 is 0 Å². The van der Waals surface area contributed by atoms with Crippen LogP contribution in [-0.4, -0.2) is 53.7 Å². The predicted octanol–water partition coefficient (Wildman–Crippen LogP) is 0.522. The van der Waals surface area contributed by atoms with Crippen molar-refractivity contribution in [1.29, 1.82) is 0 Å². The van der Waals surface area contributed by atoms with Crippen LogP contribution < -0.4 is 14.9 Å². The highest BCUT2D eigenvalue weighted by molar-refractivity contribution is 7.92. The number of rotatable bonds is 8. The monoisotopic (exact) mass is 404 g/mol. The van der Waals surface area contributed by atoms with Crippen molar-refractivity contribution in [3.8, 4) is 0 Å². The topological polar surface area (TPSA) is 88.9 Å². The van der Waals surface area contributed by atoms with Gasteiger partial charge in [0.1, 0.15) is 13.1 Å². The molecule has 1 fully saturated rings. The van der Waals surface area contributed by atoms with Crippen LogP contribution in [0.4, 0.5) is 5.69 Å². The van der Waals surface area contributed by atoms with E-state index in [-0.39, 0.29) is 16.5 Å². The van der Waals surface area contributed by atoms with Crippen molar-refractivity contribution in [3.63, 3.8) is 0 Å². The summed E-state index contributed by atoms with van der Waals surface area (Å²) < 4.78 is 33.0. The van der Waals surface area contributed by atoms with Crippen LogP contribution in [0, 0.1) is 0 Å². The first-order valence-electron chi connectivity index (χ1n) is 9.43. The molecule has 150 valence electrons. The van der Waals surface area contributed by atoms with E-state index >= 15 is 0 Å². The van der Waals surface area contributed by atoms with E-state index in [4.69, 9.17) is 4.74 Å². The lowest BCUT2D eigenvalue weighted by molar-refractivity contribution is -0.908. The first kappa shape index (κ1) is 20.3. The Labute approximate surface area is 165 Å². The number of para-hydroxylation sites is 1. The van der Waals surface area contributed by atoms with E-state index in [0.717, 1.165) is 39.3 Å². The molecule has 0 atom stereocenters. The second kappa shape index (κ2) is 9.68. The molecule has 1 amide bonds. The Morgan fingerprint density at radius 3 is 2.43 bits per heavy atom. The van der Waals surface area contributed by atoms with Crippen LogP contribution in [0.25, 0.3) is 0 Å². The van der Waals surface area contributed by atoms with Crippen molar-refractivity contribution in [1.82, 2.24) is 5.32 Å². The quantitative estimate of drug-likeness (QED) is 0.560. The fraction of sp³-hybridized carbons (Fsp3) is 0.350. The number of benzene rings is 2. The first-order chi connectivity index (χ1) is 13.6. The fourth-order valence-corrected chi connectivity index (χ4v) is 4.22. The summed E-state index contributed by atoms with van der Waals surface area (Å²) in [5, 5.41) is 2.89. The number of carbonyl (C=O) groups excluding carboxylic acids is 1. The maximum absolute atomic E-state index is 12.6. The van der Waals surface area contributed by atoms with Gasteiger partial charge in [-0.05, 0) is 24.3 Å². The van der Waals surface area contributed by atoms with E-state index in [9.17, 15) is 13.2 Å². The van der Waals surface area contributed by atoms with Crippen molar-refractivity contribution in [3.05, 3.63) is 60.2 Å². The third-order valence-corrected chi connectivity index (χ3v) is 6.04. The lowest BCUT2D eigenvalue weighted by atomic mass is 10.1. The lowest BCUT2D eigenvalue weighted by Crippen LogP contribution is -3.14. The van der Waals surface area contributed by atoms with Gasteiger partial charge in [-0.3, -0.25) is 9.52 Å². The van der Waals surface area contributed by atoms with Crippen LogP contribution in [0.3, 0.4) is 0 Å². The zero-order valence-electron chi connectivity index (χ0n) is 15.7. The molecule has 8 heteroatoms. The van der Waals surface area contributed by atoms with Gasteiger partial charge in [0.15, 0.2) is 0 Å². The van der Waals surface area contributed by atoms with Crippen molar-refractivity contribution >= 4 is 21.6 Å². The Kier molecular flexibility index (Phi) is 7.02. The summed E-state index contributed by atoms with van der Waals surface area (Å²) in [6.07, 6.45) is 0.860. The highest BCUT2D eigenvalue weighted by Crippen LogP contribution is 2.20. The molecule has 0 aliphatic carbocycles. The van der Waals surface area contributed by atoms with Gasteiger partial charge in [-0.15, -0.1) is 0 Å². The van der Waals surface area contributed by atoms with E-state index in [0.29, 0.717) is 12.1 Å². The standard InChI is InChI=1S/C20H25N3O4S/c24-20(21-11-6-12-23-13-15-27-16-14-23)18-9-4-5-10-19(18)22-28(25,26)17-7-2-1-3-8-17/h1-5,7-10,22H,6,11-16H2,(H,21,24)/p+1. The number of anilines is 1. The summed E-state index contributed by atoms with van der Waals surface area (Å²) in [5.74, 6) is -0.289. The molecule has 0 unspecified atom stereocenters. The zero-order valence-corrected chi connectivity index (χ0v) is 16.5. The Bertz CT molecular complexity index is 881. The molecule has 2 aromatic carbocycles. The molecule has 0 saturated carbocycles. The highest BCUT2D eigenvalue weighted by Gasteiger charge is 2.18. The van der Waals surface area contributed by atoms with Crippen LogP contribution in [0.15, 0.2) is 59.5 Å². The smallest absolute Gasteiger partial charge is 0.261 e. The number of carbonyl (C=O) groups is 1. The molecule has 7 nitrogen and oxygen atoms in total. The molecule has 1 aliphatic heterocycles. The van der Waals surface area contributed by atoms with Crippen LogP contribution in [-0.2, 0) is 14.8 Å². The molecule has 0 aromatic heterocycles. The van der Waals surface area contributed by atoms with Crippen LogP contribution in [0.5, 0.6) is 0 Å². The third-order valence-electron chi connectivity index (χ3n) is 4.66. The highest BCUT2D eigenvalue weighted by atomic mass is 32.2. The number of hydrogen-bond donors (Lipinski definition) is 3. The zero-order chi connectivity index (χ0) is 19.8. The second-order valence-electron chi connectivity index (χ2n) is 6.69. The molecule has 1 saturated heterocycles. The van der Waals surface area contributed by atoms with E-state index < -0.39 is 10.0 Å². The number of morpholine rings is 1. The molecule has 0 spiro atoms. The van der Waals surface area contributed by atoms with Crippen molar-refractivity contribution in [2.45, 2.75) is 11.3 Å². The molecule has 1 heterocycles. The van der Waals surface area contributed by atoms with Gasteiger partial charge in [-0.1, -0.05) is 30.3 Å². The second-order valence-corrected chi connectivity index (χ2v) is 8.37. The van der Waals surface area contributed by atoms with Gasteiger partial charge in [0.25, 0.3) is 15.9 Å². The minimum Gasteiger partial charge on any atom is -0.370 e. The first-order valence-corrected chi connectivity index (χ1v) is 10.9. The van der Waals surface area contributed by atoms with Crippen LogP contribution >= 0.6 is 0 Å². The molecule has 3 N–H and O–H groups in total. The summed E-state index contributed by atoms with van der Waals surface area (Å²) in [4.78, 5) is 14.2. The fourth-order valence-electron chi connectivity index (χ4n) is 3.12.